The Bertz CT molecular complexity index is 378. The lowest BCUT2D eigenvalue weighted by Gasteiger charge is -2.16. The highest BCUT2D eigenvalue weighted by Gasteiger charge is 2.42. The molecule has 0 bridgehead atoms. The molecule has 0 radical (unpaired) electrons. The standard InChI is InChI=1S/C16H28N2O3S/c1-2-9-21-10-5-7-12(19)6-3-4-8-14-15-13(11-22-14)17-16(20)18-15/h13-15H,2-11H2,1H3,(H2,17,18,20). The predicted molar refractivity (Wildman–Crippen MR) is 89.3 cm³/mol. The summed E-state index contributed by atoms with van der Waals surface area (Å²) in [6, 6.07) is 0.553. The average molecular weight is 328 g/mol. The highest BCUT2D eigenvalue weighted by atomic mass is 32.2. The first-order valence-electron chi connectivity index (χ1n) is 8.48. The van der Waals surface area contributed by atoms with Crippen LogP contribution in [0.1, 0.15) is 51.9 Å². The van der Waals surface area contributed by atoms with E-state index in [1.54, 1.807) is 0 Å². The van der Waals surface area contributed by atoms with Crippen LogP contribution in [0.25, 0.3) is 0 Å². The maximum absolute atomic E-state index is 11.8. The SMILES string of the molecule is CCCOCCCC(=O)CCCCC1SCC2NC(=O)NC21. The Balaban J connectivity index is 1.49. The number of carbonyl (C=O) groups is 2. The molecule has 2 aliphatic heterocycles. The molecule has 3 atom stereocenters. The highest BCUT2D eigenvalue weighted by molar-refractivity contribution is 8.00. The van der Waals surface area contributed by atoms with Crippen molar-refractivity contribution in [3.05, 3.63) is 0 Å². The molecule has 0 aromatic carbocycles. The number of carbonyl (C=O) groups excluding carboxylic acids is 2. The molecule has 0 spiro atoms. The number of amides is 2. The Hall–Kier alpha value is -0.750. The van der Waals surface area contributed by atoms with Crippen LogP contribution in [0.15, 0.2) is 0 Å². The van der Waals surface area contributed by atoms with Gasteiger partial charge in [0.25, 0.3) is 0 Å². The Morgan fingerprint density at radius 3 is 2.86 bits per heavy atom. The van der Waals surface area contributed by atoms with Gasteiger partial charge in [0.2, 0.25) is 0 Å². The van der Waals surface area contributed by atoms with Crippen molar-refractivity contribution in [2.45, 2.75) is 69.2 Å². The molecule has 2 fully saturated rings. The molecule has 2 aliphatic rings. The van der Waals surface area contributed by atoms with Crippen LogP contribution in [0.4, 0.5) is 4.79 Å². The molecule has 2 rings (SSSR count). The molecule has 6 heteroatoms. The summed E-state index contributed by atoms with van der Waals surface area (Å²) < 4.78 is 5.38. The fourth-order valence-corrected chi connectivity index (χ4v) is 4.60. The third-order valence-electron chi connectivity index (χ3n) is 4.23. The smallest absolute Gasteiger partial charge is 0.315 e. The molecule has 22 heavy (non-hydrogen) atoms. The van der Waals surface area contributed by atoms with E-state index in [9.17, 15) is 9.59 Å². The van der Waals surface area contributed by atoms with Gasteiger partial charge in [0.15, 0.2) is 0 Å². The minimum Gasteiger partial charge on any atom is -0.381 e. The summed E-state index contributed by atoms with van der Waals surface area (Å²) in [6.45, 7) is 3.58. The van der Waals surface area contributed by atoms with Crippen LogP contribution < -0.4 is 10.6 Å². The number of fused-ring (bicyclic) bond motifs is 1. The lowest BCUT2D eigenvalue weighted by molar-refractivity contribution is -0.119. The zero-order chi connectivity index (χ0) is 15.8. The first-order valence-corrected chi connectivity index (χ1v) is 9.53. The molecule has 5 nitrogen and oxygen atoms in total. The summed E-state index contributed by atoms with van der Waals surface area (Å²) in [5.41, 5.74) is 0. The number of nitrogens with one attached hydrogen (secondary N) is 2. The molecule has 126 valence electrons. The van der Waals surface area contributed by atoms with Crippen molar-refractivity contribution in [3.8, 4) is 0 Å². The van der Waals surface area contributed by atoms with E-state index in [2.05, 4.69) is 17.6 Å². The molecule has 2 N–H and O–H groups in total. The lowest BCUT2D eigenvalue weighted by atomic mass is 10.0. The van der Waals surface area contributed by atoms with Crippen LogP contribution in [0.5, 0.6) is 0 Å². The minimum absolute atomic E-state index is 0.0271. The second-order valence-corrected chi connectivity index (χ2v) is 7.39. The van der Waals surface area contributed by atoms with E-state index in [1.807, 2.05) is 11.8 Å². The zero-order valence-electron chi connectivity index (χ0n) is 13.4. The fraction of sp³-hybridized carbons (Fsp3) is 0.875. The second-order valence-electron chi connectivity index (χ2n) is 6.12. The van der Waals surface area contributed by atoms with Gasteiger partial charge in [-0.2, -0.15) is 11.8 Å². The third kappa shape index (κ3) is 5.47. The third-order valence-corrected chi connectivity index (χ3v) is 5.73. The molecule has 3 unspecified atom stereocenters. The number of rotatable bonds is 11. The van der Waals surface area contributed by atoms with Crippen molar-refractivity contribution >= 4 is 23.6 Å². The number of Topliss-reactive ketones (excluding diaryl/α,β-unsaturated/α-hetero) is 1. The van der Waals surface area contributed by atoms with Gasteiger partial charge in [-0.15, -0.1) is 0 Å². The van der Waals surface area contributed by atoms with Crippen LogP contribution in [0.3, 0.4) is 0 Å². The van der Waals surface area contributed by atoms with Crippen molar-refractivity contribution < 1.29 is 14.3 Å². The van der Waals surface area contributed by atoms with Crippen molar-refractivity contribution in [1.29, 1.82) is 0 Å². The molecule has 0 aromatic rings. The van der Waals surface area contributed by atoms with E-state index < -0.39 is 0 Å². The van der Waals surface area contributed by atoms with Crippen LogP contribution in [-0.4, -0.2) is 48.1 Å². The Labute approximate surface area is 137 Å². The number of ether oxygens (including phenoxy) is 1. The van der Waals surface area contributed by atoms with Crippen molar-refractivity contribution in [3.63, 3.8) is 0 Å². The van der Waals surface area contributed by atoms with Gasteiger partial charge in [-0.1, -0.05) is 13.3 Å². The maximum Gasteiger partial charge on any atom is 0.315 e. The van der Waals surface area contributed by atoms with Crippen molar-refractivity contribution in [1.82, 2.24) is 10.6 Å². The predicted octanol–water partition coefficient (Wildman–Crippen LogP) is 2.49. The van der Waals surface area contributed by atoms with Crippen LogP contribution in [0, 0.1) is 0 Å². The van der Waals surface area contributed by atoms with Gasteiger partial charge >= 0.3 is 6.03 Å². The Morgan fingerprint density at radius 1 is 1.23 bits per heavy atom. The summed E-state index contributed by atoms with van der Waals surface area (Å²) >= 11 is 1.94. The van der Waals surface area contributed by atoms with Crippen molar-refractivity contribution in [2.75, 3.05) is 19.0 Å². The Morgan fingerprint density at radius 2 is 2.05 bits per heavy atom. The van der Waals surface area contributed by atoms with Crippen LogP contribution in [-0.2, 0) is 9.53 Å². The van der Waals surface area contributed by atoms with Gasteiger partial charge in [0.05, 0.1) is 12.1 Å². The number of hydrogen-bond acceptors (Lipinski definition) is 4. The highest BCUT2D eigenvalue weighted by Crippen LogP contribution is 2.33. The molecule has 0 aromatic heterocycles. The van der Waals surface area contributed by atoms with Gasteiger partial charge in [0.1, 0.15) is 5.78 Å². The molecule has 0 aliphatic carbocycles. The summed E-state index contributed by atoms with van der Waals surface area (Å²) in [4.78, 5) is 23.1. The normalized spacial score (nSPS) is 26.6. The van der Waals surface area contributed by atoms with Gasteiger partial charge in [-0.3, -0.25) is 4.79 Å². The zero-order valence-corrected chi connectivity index (χ0v) is 14.3. The summed E-state index contributed by atoms with van der Waals surface area (Å²) in [7, 11) is 0. The van der Waals surface area contributed by atoms with E-state index in [0.29, 0.717) is 36.5 Å². The van der Waals surface area contributed by atoms with E-state index in [1.165, 1.54) is 0 Å². The Kier molecular flexibility index (Phi) is 7.52. The minimum atomic E-state index is -0.0271. The second kappa shape index (κ2) is 9.40. The topological polar surface area (TPSA) is 67.4 Å². The van der Waals surface area contributed by atoms with Crippen molar-refractivity contribution in [2.24, 2.45) is 0 Å². The molecule has 2 amide bonds. The molecule has 2 heterocycles. The van der Waals surface area contributed by atoms with Crippen LogP contribution in [0.2, 0.25) is 0 Å². The van der Waals surface area contributed by atoms with Crippen LogP contribution >= 0.6 is 11.8 Å². The molecular formula is C16H28N2O3S. The largest absolute Gasteiger partial charge is 0.381 e. The van der Waals surface area contributed by atoms with Gasteiger partial charge in [-0.05, 0) is 25.7 Å². The number of urea groups is 1. The van der Waals surface area contributed by atoms with Gasteiger partial charge < -0.3 is 15.4 Å². The first kappa shape index (κ1) is 17.6. The molecule has 2 saturated heterocycles. The van der Waals surface area contributed by atoms with E-state index >= 15 is 0 Å². The average Bonchev–Trinajstić information content (AvgIpc) is 3.03. The maximum atomic E-state index is 11.8. The summed E-state index contributed by atoms with van der Waals surface area (Å²) in [5, 5.41) is 6.47. The number of thioether (sulfide) groups is 1. The fourth-order valence-electron chi connectivity index (χ4n) is 3.05. The summed E-state index contributed by atoms with van der Waals surface area (Å²) in [5.74, 6) is 1.36. The van der Waals surface area contributed by atoms with E-state index in [0.717, 1.165) is 44.5 Å². The molecule has 0 saturated carbocycles. The number of hydrogen-bond donors (Lipinski definition) is 2. The van der Waals surface area contributed by atoms with E-state index in [-0.39, 0.29) is 12.1 Å². The summed E-state index contributed by atoms with van der Waals surface area (Å²) in [6.07, 6.45) is 6.32. The monoisotopic (exact) mass is 328 g/mol. The van der Waals surface area contributed by atoms with Gasteiger partial charge in [0, 0.05) is 37.1 Å². The van der Waals surface area contributed by atoms with E-state index in [4.69, 9.17) is 4.74 Å². The number of ketones is 1. The quantitative estimate of drug-likeness (QED) is 0.452. The molecular weight excluding hydrogens is 300 g/mol. The number of unbranched alkanes of at least 4 members (excludes halogenated alkanes) is 1. The lowest BCUT2D eigenvalue weighted by Crippen LogP contribution is -2.36. The van der Waals surface area contributed by atoms with Gasteiger partial charge in [-0.25, -0.2) is 4.79 Å². The first-order chi connectivity index (χ1) is 10.7.